The molecule has 0 unspecified atom stereocenters. The number of nitrogens with zero attached hydrogens (tertiary/aromatic N) is 1. The van der Waals surface area contributed by atoms with E-state index in [0.717, 1.165) is 30.2 Å². The molecule has 20 heavy (non-hydrogen) atoms. The number of carboxylic acids is 1. The first-order valence-electron chi connectivity index (χ1n) is 7.34. The van der Waals surface area contributed by atoms with Gasteiger partial charge >= 0.3 is 5.97 Å². The lowest BCUT2D eigenvalue weighted by molar-refractivity contribution is 0.0697. The van der Waals surface area contributed by atoms with Crippen LogP contribution >= 0.6 is 0 Å². The zero-order chi connectivity index (χ0) is 14.9. The molecule has 108 valence electrons. The molecular formula is C17H23NO2. The van der Waals surface area contributed by atoms with Gasteiger partial charge in [0.05, 0.1) is 5.56 Å². The average Bonchev–Trinajstić information content (AvgIpc) is 2.67. The smallest absolute Gasteiger partial charge is 0.335 e. The Morgan fingerprint density at radius 1 is 1.35 bits per heavy atom. The Morgan fingerprint density at radius 2 is 2.05 bits per heavy atom. The number of benzene rings is 1. The molecule has 1 aromatic heterocycles. The van der Waals surface area contributed by atoms with E-state index in [9.17, 15) is 9.90 Å². The highest BCUT2D eigenvalue weighted by atomic mass is 16.4. The normalized spacial score (nSPS) is 11.4. The van der Waals surface area contributed by atoms with Crippen LogP contribution in [0.2, 0.25) is 0 Å². The van der Waals surface area contributed by atoms with Gasteiger partial charge in [-0.25, -0.2) is 4.79 Å². The first-order chi connectivity index (χ1) is 9.47. The number of hydrogen-bond donors (Lipinski definition) is 1. The second kappa shape index (κ2) is 5.70. The molecule has 0 atom stereocenters. The summed E-state index contributed by atoms with van der Waals surface area (Å²) in [4.78, 5) is 11.2. The van der Waals surface area contributed by atoms with Gasteiger partial charge in [0.25, 0.3) is 0 Å². The van der Waals surface area contributed by atoms with Crippen LogP contribution in [-0.4, -0.2) is 15.6 Å². The van der Waals surface area contributed by atoms with E-state index < -0.39 is 5.97 Å². The van der Waals surface area contributed by atoms with E-state index in [1.54, 1.807) is 6.07 Å². The molecule has 0 amide bonds. The zero-order valence-corrected chi connectivity index (χ0v) is 12.7. The lowest BCUT2D eigenvalue weighted by atomic mass is 10.0. The van der Waals surface area contributed by atoms with Crippen molar-refractivity contribution in [1.29, 1.82) is 0 Å². The molecule has 0 aliphatic carbocycles. The third kappa shape index (κ3) is 2.45. The summed E-state index contributed by atoms with van der Waals surface area (Å²) in [5.74, 6) is -0.858. The number of fused-ring (bicyclic) bond motifs is 1. The first-order valence-corrected chi connectivity index (χ1v) is 7.34. The van der Waals surface area contributed by atoms with E-state index in [0.29, 0.717) is 11.6 Å². The number of rotatable bonds is 5. The van der Waals surface area contributed by atoms with Crippen LogP contribution in [0.4, 0.5) is 0 Å². The highest BCUT2D eigenvalue weighted by Crippen LogP contribution is 2.31. The number of hydrogen-bond acceptors (Lipinski definition) is 1. The maximum atomic E-state index is 11.2. The van der Waals surface area contributed by atoms with E-state index in [1.165, 1.54) is 11.3 Å². The van der Waals surface area contributed by atoms with E-state index in [2.05, 4.69) is 32.3 Å². The van der Waals surface area contributed by atoms with Gasteiger partial charge in [0.2, 0.25) is 0 Å². The van der Waals surface area contributed by atoms with Crippen molar-refractivity contribution >= 4 is 16.9 Å². The van der Waals surface area contributed by atoms with Gasteiger partial charge in [-0.2, -0.15) is 0 Å². The molecule has 0 aliphatic heterocycles. The predicted octanol–water partition coefficient (Wildman–Crippen LogP) is 4.57. The van der Waals surface area contributed by atoms with Crippen LogP contribution in [0, 0.1) is 6.92 Å². The molecule has 0 bridgehead atoms. The van der Waals surface area contributed by atoms with Gasteiger partial charge in [0.15, 0.2) is 0 Å². The molecule has 1 heterocycles. The van der Waals surface area contributed by atoms with E-state index in [-0.39, 0.29) is 0 Å². The summed E-state index contributed by atoms with van der Waals surface area (Å²) < 4.78 is 2.31. The monoisotopic (exact) mass is 273 g/mol. The average molecular weight is 273 g/mol. The number of carboxylic acid groups (broad SMARTS) is 1. The number of aryl methyl sites for hydroxylation is 1. The van der Waals surface area contributed by atoms with Gasteiger partial charge in [-0.05, 0) is 57.4 Å². The van der Waals surface area contributed by atoms with Crippen LogP contribution in [0.3, 0.4) is 0 Å². The number of aromatic carboxylic acids is 1. The molecule has 0 spiro atoms. The molecule has 2 rings (SSSR count). The second-order valence-corrected chi connectivity index (χ2v) is 5.67. The minimum Gasteiger partial charge on any atom is -0.478 e. The summed E-state index contributed by atoms with van der Waals surface area (Å²) in [6, 6.07) is 5.85. The van der Waals surface area contributed by atoms with Crippen molar-refractivity contribution in [2.24, 2.45) is 0 Å². The fraction of sp³-hybridized carbons (Fsp3) is 0.471. The van der Waals surface area contributed by atoms with Crippen LogP contribution in [-0.2, 0) is 6.42 Å². The zero-order valence-electron chi connectivity index (χ0n) is 12.7. The Labute approximate surface area is 120 Å². The van der Waals surface area contributed by atoms with Crippen LogP contribution in [0.25, 0.3) is 10.9 Å². The van der Waals surface area contributed by atoms with Crippen LogP contribution in [0.1, 0.15) is 61.3 Å². The summed E-state index contributed by atoms with van der Waals surface area (Å²) in [6.45, 7) is 8.66. The lowest BCUT2D eigenvalue weighted by Crippen LogP contribution is -2.03. The molecule has 0 saturated heterocycles. The van der Waals surface area contributed by atoms with Crippen molar-refractivity contribution in [3.63, 3.8) is 0 Å². The van der Waals surface area contributed by atoms with Crippen molar-refractivity contribution < 1.29 is 9.90 Å². The first kappa shape index (κ1) is 14.6. The van der Waals surface area contributed by atoms with E-state index in [1.807, 2.05) is 12.1 Å². The summed E-state index contributed by atoms with van der Waals surface area (Å²) in [5.41, 5.74) is 4.09. The van der Waals surface area contributed by atoms with Crippen molar-refractivity contribution in [2.45, 2.75) is 53.0 Å². The highest BCUT2D eigenvalue weighted by molar-refractivity contribution is 5.95. The van der Waals surface area contributed by atoms with Gasteiger partial charge in [0.1, 0.15) is 0 Å². The Balaban J connectivity index is 2.69. The fourth-order valence-corrected chi connectivity index (χ4v) is 2.98. The SMILES string of the molecule is CCCCc1c(C)n(C(C)C)c2ccc(C(=O)O)cc12. The third-order valence-electron chi connectivity index (χ3n) is 3.92. The molecule has 3 nitrogen and oxygen atoms in total. The standard InChI is InChI=1S/C17H23NO2/c1-5-6-7-14-12(4)18(11(2)3)16-9-8-13(17(19)20)10-15(14)16/h8-11H,5-7H2,1-4H3,(H,19,20). The van der Waals surface area contributed by atoms with Crippen LogP contribution in [0.5, 0.6) is 0 Å². The van der Waals surface area contributed by atoms with Gasteiger partial charge in [-0.3, -0.25) is 0 Å². The van der Waals surface area contributed by atoms with Gasteiger partial charge in [-0.15, -0.1) is 0 Å². The Hall–Kier alpha value is -1.77. The molecule has 0 radical (unpaired) electrons. The quantitative estimate of drug-likeness (QED) is 0.867. The molecular weight excluding hydrogens is 250 g/mol. The minimum atomic E-state index is -0.858. The number of unbranched alkanes of at least 4 members (excludes halogenated alkanes) is 1. The number of carbonyl (C=O) groups is 1. The highest BCUT2D eigenvalue weighted by Gasteiger charge is 2.17. The molecule has 3 heteroatoms. The molecule has 2 aromatic rings. The van der Waals surface area contributed by atoms with Crippen molar-refractivity contribution in [3.05, 3.63) is 35.0 Å². The van der Waals surface area contributed by atoms with E-state index in [4.69, 9.17) is 0 Å². The van der Waals surface area contributed by atoms with Gasteiger partial charge in [0, 0.05) is 22.6 Å². The van der Waals surface area contributed by atoms with Crippen molar-refractivity contribution in [2.75, 3.05) is 0 Å². The number of aromatic nitrogens is 1. The Kier molecular flexibility index (Phi) is 4.17. The molecule has 1 N–H and O–H groups in total. The fourth-order valence-electron chi connectivity index (χ4n) is 2.98. The third-order valence-corrected chi connectivity index (χ3v) is 3.92. The Bertz CT molecular complexity index is 638. The predicted molar refractivity (Wildman–Crippen MR) is 82.6 cm³/mol. The van der Waals surface area contributed by atoms with Crippen molar-refractivity contribution in [1.82, 2.24) is 4.57 Å². The lowest BCUT2D eigenvalue weighted by Gasteiger charge is -2.12. The molecule has 0 saturated carbocycles. The summed E-state index contributed by atoms with van der Waals surface area (Å²) >= 11 is 0. The van der Waals surface area contributed by atoms with E-state index >= 15 is 0 Å². The summed E-state index contributed by atoms with van der Waals surface area (Å²) in [6.07, 6.45) is 3.30. The van der Waals surface area contributed by atoms with Crippen LogP contribution in [0.15, 0.2) is 18.2 Å². The maximum absolute atomic E-state index is 11.2. The maximum Gasteiger partial charge on any atom is 0.335 e. The van der Waals surface area contributed by atoms with Crippen molar-refractivity contribution in [3.8, 4) is 0 Å². The largest absolute Gasteiger partial charge is 0.478 e. The van der Waals surface area contributed by atoms with Gasteiger partial charge in [-0.1, -0.05) is 13.3 Å². The Morgan fingerprint density at radius 3 is 2.60 bits per heavy atom. The van der Waals surface area contributed by atoms with Crippen LogP contribution < -0.4 is 0 Å². The topological polar surface area (TPSA) is 42.2 Å². The summed E-state index contributed by atoms with van der Waals surface area (Å²) in [7, 11) is 0. The summed E-state index contributed by atoms with van der Waals surface area (Å²) in [5, 5.41) is 10.3. The van der Waals surface area contributed by atoms with Gasteiger partial charge < -0.3 is 9.67 Å². The minimum absolute atomic E-state index is 0.371. The molecule has 1 aromatic carbocycles. The molecule has 0 aliphatic rings. The molecule has 0 fully saturated rings. The second-order valence-electron chi connectivity index (χ2n) is 5.67.